The van der Waals surface area contributed by atoms with E-state index in [1.54, 1.807) is 7.11 Å². The zero-order chi connectivity index (χ0) is 30.0. The molecule has 224 valence electrons. The monoisotopic (exact) mass is 570 g/mol. The molecule has 2 aromatic rings. The van der Waals surface area contributed by atoms with Crippen molar-refractivity contribution in [1.82, 2.24) is 20.9 Å². The molecule has 1 saturated carbocycles. The molecule has 0 radical (unpaired) electrons. The summed E-state index contributed by atoms with van der Waals surface area (Å²) in [5, 5.41) is 10.1. The lowest BCUT2D eigenvalue weighted by Gasteiger charge is -2.31. The van der Waals surface area contributed by atoms with Crippen LogP contribution in [0.15, 0.2) is 90.7 Å². The third-order valence-electron chi connectivity index (χ3n) is 8.37. The van der Waals surface area contributed by atoms with Crippen LogP contribution in [-0.4, -0.2) is 68.1 Å². The number of amides is 2. The summed E-state index contributed by atoms with van der Waals surface area (Å²) in [4.78, 5) is 28.5. The molecule has 1 unspecified atom stereocenters. The Kier molecular flexibility index (Phi) is 11.2. The number of piperidine rings is 1. The number of allylic oxidation sites excluding steroid dienone is 3. The number of hydrogen-bond acceptors (Lipinski definition) is 5. The number of ether oxygens (including phenoxy) is 1. The highest BCUT2D eigenvalue weighted by molar-refractivity contribution is 5.98. The molecule has 2 aromatic carbocycles. The van der Waals surface area contributed by atoms with Crippen molar-refractivity contribution in [1.29, 1.82) is 0 Å². The zero-order valence-corrected chi connectivity index (χ0v) is 25.3. The third-order valence-corrected chi connectivity index (χ3v) is 8.37. The van der Waals surface area contributed by atoms with Crippen LogP contribution in [0.4, 0.5) is 0 Å². The van der Waals surface area contributed by atoms with Gasteiger partial charge in [0.05, 0.1) is 7.11 Å². The Hall–Kier alpha value is -3.68. The summed E-state index contributed by atoms with van der Waals surface area (Å²) in [5.74, 6) is 0.947. The molecule has 1 heterocycles. The molecule has 1 aliphatic carbocycles. The van der Waals surface area contributed by atoms with Gasteiger partial charge in [-0.25, -0.2) is 0 Å². The van der Waals surface area contributed by atoms with E-state index in [2.05, 4.69) is 29.5 Å². The second kappa shape index (κ2) is 15.0. The fraction of sp³-hybridized carbons (Fsp3) is 0.429. The molecule has 1 aliphatic heterocycles. The first kappa shape index (κ1) is 31.3. The van der Waals surface area contributed by atoms with E-state index in [4.69, 9.17) is 4.74 Å². The van der Waals surface area contributed by atoms with Gasteiger partial charge in [0.1, 0.15) is 11.8 Å². The minimum atomic E-state index is -0.625. The lowest BCUT2D eigenvalue weighted by molar-refractivity contribution is -0.134. The van der Waals surface area contributed by atoms with Crippen LogP contribution in [0.1, 0.15) is 49.9 Å². The van der Waals surface area contributed by atoms with E-state index in [0.717, 1.165) is 67.8 Å². The van der Waals surface area contributed by atoms with E-state index >= 15 is 0 Å². The molecular formula is C35H46N4O3. The molecule has 0 bridgehead atoms. The quantitative estimate of drug-likeness (QED) is 0.168. The highest BCUT2D eigenvalue weighted by Crippen LogP contribution is 2.47. The number of likely N-dealkylation sites (tertiary alicyclic amines) is 1. The Labute approximate surface area is 251 Å². The molecule has 2 fully saturated rings. The topological polar surface area (TPSA) is 82.7 Å². The van der Waals surface area contributed by atoms with E-state index in [9.17, 15) is 9.59 Å². The van der Waals surface area contributed by atoms with Crippen LogP contribution in [0.2, 0.25) is 0 Å². The Balaban J connectivity index is 1.29. The Morgan fingerprint density at radius 2 is 1.71 bits per heavy atom. The van der Waals surface area contributed by atoms with Crippen LogP contribution in [-0.2, 0) is 9.53 Å². The summed E-state index contributed by atoms with van der Waals surface area (Å²) < 4.78 is 5.30. The van der Waals surface area contributed by atoms with Crippen molar-refractivity contribution < 1.29 is 14.3 Å². The lowest BCUT2D eigenvalue weighted by atomic mass is 10.0. The molecule has 7 nitrogen and oxygen atoms in total. The average Bonchev–Trinajstić information content (AvgIpc) is 3.72. The number of carbonyl (C=O) groups excluding carboxylic acids is 2. The number of benzene rings is 2. The molecule has 2 aliphatic rings. The summed E-state index contributed by atoms with van der Waals surface area (Å²) in [6.07, 6.45) is 10.1. The molecule has 4 rings (SSSR count). The molecule has 0 aromatic heterocycles. The van der Waals surface area contributed by atoms with E-state index in [0.29, 0.717) is 24.6 Å². The van der Waals surface area contributed by atoms with Crippen molar-refractivity contribution in [3.63, 3.8) is 0 Å². The van der Waals surface area contributed by atoms with Gasteiger partial charge in [-0.3, -0.25) is 9.59 Å². The van der Waals surface area contributed by atoms with Crippen LogP contribution in [0.3, 0.4) is 0 Å². The predicted molar refractivity (Wildman–Crippen MR) is 170 cm³/mol. The van der Waals surface area contributed by atoms with Crippen molar-refractivity contribution in [2.75, 3.05) is 39.8 Å². The average molecular weight is 571 g/mol. The van der Waals surface area contributed by atoms with Crippen LogP contribution in [0.25, 0.3) is 11.1 Å². The van der Waals surface area contributed by atoms with Crippen molar-refractivity contribution in [3.8, 4) is 11.1 Å². The summed E-state index contributed by atoms with van der Waals surface area (Å²) in [6.45, 7) is 11.7. The summed E-state index contributed by atoms with van der Waals surface area (Å²) in [6, 6.07) is 17.0. The maximum atomic E-state index is 13.4. The number of nitrogens with one attached hydrogen (secondary N) is 3. The van der Waals surface area contributed by atoms with Crippen molar-refractivity contribution >= 4 is 11.8 Å². The van der Waals surface area contributed by atoms with Crippen LogP contribution >= 0.6 is 0 Å². The van der Waals surface area contributed by atoms with Gasteiger partial charge >= 0.3 is 0 Å². The number of methoxy groups -OCH3 is 1. The highest BCUT2D eigenvalue weighted by atomic mass is 16.5. The van der Waals surface area contributed by atoms with Crippen molar-refractivity contribution in [2.45, 2.75) is 51.1 Å². The second-order valence-corrected chi connectivity index (χ2v) is 11.5. The van der Waals surface area contributed by atoms with Gasteiger partial charge < -0.3 is 25.6 Å². The fourth-order valence-electron chi connectivity index (χ4n) is 5.59. The largest absolute Gasteiger partial charge is 0.497 e. The van der Waals surface area contributed by atoms with Crippen molar-refractivity contribution in [2.24, 2.45) is 5.92 Å². The SMILES string of the molecule is C=C(/C=C\C(=C/C)OC)[C@@H]1CC1(C)NCCNC[C@H](NC(=O)c1ccc(-c2ccccc2)cc1)C(=O)N1CCCCC1. The smallest absolute Gasteiger partial charge is 0.251 e. The number of hydrogen-bond donors (Lipinski definition) is 3. The Bertz CT molecular complexity index is 1260. The maximum Gasteiger partial charge on any atom is 0.251 e. The summed E-state index contributed by atoms with van der Waals surface area (Å²) in [7, 11) is 1.66. The molecule has 3 atom stereocenters. The van der Waals surface area contributed by atoms with Crippen LogP contribution in [0, 0.1) is 5.92 Å². The van der Waals surface area contributed by atoms with E-state index in [1.807, 2.05) is 84.6 Å². The standard InChI is InChI=1S/C35H46N4O3/c1-5-30(42-4)19-14-26(2)31-24-35(31,3)37-21-20-36-25-32(34(41)39-22-10-7-11-23-39)38-33(40)29-17-15-28(16-18-29)27-12-8-6-9-13-27/h5-6,8-9,12-19,31-32,36-37H,2,7,10-11,20-25H2,1,3-4H3,(H,38,40)/b19-14-,30-5+/t31-,32-,35?/m0/s1. The summed E-state index contributed by atoms with van der Waals surface area (Å²) >= 11 is 0. The van der Waals surface area contributed by atoms with Gasteiger partial charge in [-0.2, -0.15) is 0 Å². The van der Waals surface area contributed by atoms with Crippen molar-refractivity contribution in [3.05, 3.63) is 96.3 Å². The zero-order valence-electron chi connectivity index (χ0n) is 25.3. The molecular weight excluding hydrogens is 524 g/mol. The molecule has 1 saturated heterocycles. The second-order valence-electron chi connectivity index (χ2n) is 11.5. The minimum Gasteiger partial charge on any atom is -0.497 e. The van der Waals surface area contributed by atoms with Gasteiger partial charge in [-0.1, -0.05) is 60.7 Å². The molecule has 2 amide bonds. The first-order chi connectivity index (χ1) is 20.3. The van der Waals surface area contributed by atoms with E-state index < -0.39 is 6.04 Å². The Morgan fingerprint density at radius 3 is 2.38 bits per heavy atom. The van der Waals surface area contributed by atoms with Gasteiger partial charge in [-0.05, 0) is 74.9 Å². The van der Waals surface area contributed by atoms with E-state index in [1.165, 1.54) is 0 Å². The van der Waals surface area contributed by atoms with Gasteiger partial charge in [0, 0.05) is 49.7 Å². The van der Waals surface area contributed by atoms with Gasteiger partial charge in [-0.15, -0.1) is 0 Å². The van der Waals surface area contributed by atoms with Crippen LogP contribution in [0.5, 0.6) is 0 Å². The maximum absolute atomic E-state index is 13.4. The number of rotatable bonds is 14. The third kappa shape index (κ3) is 8.43. The van der Waals surface area contributed by atoms with Crippen LogP contribution < -0.4 is 16.0 Å². The highest BCUT2D eigenvalue weighted by Gasteiger charge is 2.50. The lowest BCUT2D eigenvalue weighted by Crippen LogP contribution is -2.54. The van der Waals surface area contributed by atoms with E-state index in [-0.39, 0.29) is 17.4 Å². The predicted octanol–water partition coefficient (Wildman–Crippen LogP) is 5.08. The normalized spacial score (nSPS) is 21.2. The van der Waals surface area contributed by atoms with Gasteiger partial charge in [0.25, 0.3) is 5.91 Å². The molecule has 0 spiro atoms. The molecule has 7 heteroatoms. The molecule has 42 heavy (non-hydrogen) atoms. The number of nitrogens with zero attached hydrogens (tertiary/aromatic N) is 1. The summed E-state index contributed by atoms with van der Waals surface area (Å²) in [5.41, 5.74) is 3.78. The van der Waals surface area contributed by atoms with Gasteiger partial charge in [0.15, 0.2) is 0 Å². The Morgan fingerprint density at radius 1 is 1.02 bits per heavy atom. The van der Waals surface area contributed by atoms with Gasteiger partial charge in [0.2, 0.25) is 5.91 Å². The fourth-order valence-corrected chi connectivity index (χ4v) is 5.59. The number of carbonyl (C=O) groups is 2. The first-order valence-electron chi connectivity index (χ1n) is 15.1. The minimum absolute atomic E-state index is 0.00934. The molecule has 3 N–H and O–H groups in total. The first-order valence-corrected chi connectivity index (χ1v) is 15.1.